The van der Waals surface area contributed by atoms with E-state index in [0.717, 1.165) is 25.7 Å². The summed E-state index contributed by atoms with van der Waals surface area (Å²) in [6.45, 7) is 2.32. The zero-order chi connectivity index (χ0) is 8.97. The highest BCUT2D eigenvalue weighted by Gasteiger charge is 2.25. The van der Waals surface area contributed by atoms with Crippen molar-refractivity contribution in [1.29, 1.82) is 0 Å². The molecule has 1 rings (SSSR count). The molecule has 0 aromatic carbocycles. The highest BCUT2D eigenvalue weighted by Crippen LogP contribution is 2.28. The van der Waals surface area contributed by atoms with Crippen molar-refractivity contribution in [3.63, 3.8) is 0 Å². The number of alkyl halides is 1. The maximum Gasteiger partial charge on any atom is 0.308 e. The van der Waals surface area contributed by atoms with Crippen LogP contribution >= 0.6 is 11.6 Å². The minimum absolute atomic E-state index is 0.0407. The van der Waals surface area contributed by atoms with Gasteiger partial charge in [-0.1, -0.05) is 0 Å². The van der Waals surface area contributed by atoms with Crippen LogP contribution in [0.5, 0.6) is 0 Å². The molecule has 0 spiro atoms. The lowest BCUT2D eigenvalue weighted by Crippen LogP contribution is -2.23. The van der Waals surface area contributed by atoms with Crippen LogP contribution in [0.2, 0.25) is 0 Å². The van der Waals surface area contributed by atoms with E-state index in [1.54, 1.807) is 0 Å². The molecular weight excluding hydrogens is 176 g/mol. The second-order valence-electron chi connectivity index (χ2n) is 3.20. The van der Waals surface area contributed by atoms with Crippen LogP contribution in [0, 0.1) is 5.92 Å². The summed E-state index contributed by atoms with van der Waals surface area (Å²) in [6.07, 6.45) is 3.69. The van der Waals surface area contributed by atoms with Crippen molar-refractivity contribution in [3.8, 4) is 0 Å². The van der Waals surface area contributed by atoms with Crippen molar-refractivity contribution in [1.82, 2.24) is 0 Å². The van der Waals surface area contributed by atoms with Gasteiger partial charge in [0.25, 0.3) is 0 Å². The van der Waals surface area contributed by atoms with Crippen molar-refractivity contribution in [2.24, 2.45) is 5.92 Å². The van der Waals surface area contributed by atoms with Crippen LogP contribution in [0.3, 0.4) is 0 Å². The van der Waals surface area contributed by atoms with E-state index in [2.05, 4.69) is 0 Å². The average molecular weight is 191 g/mol. The average Bonchev–Trinajstić information content (AvgIpc) is 2.06. The quantitative estimate of drug-likeness (QED) is 0.494. The van der Waals surface area contributed by atoms with Gasteiger partial charge in [0, 0.05) is 5.38 Å². The first-order valence-electron chi connectivity index (χ1n) is 4.54. The van der Waals surface area contributed by atoms with Crippen molar-refractivity contribution in [3.05, 3.63) is 0 Å². The number of esters is 1. The molecule has 2 nitrogen and oxygen atoms in total. The first kappa shape index (κ1) is 9.85. The number of halogens is 1. The van der Waals surface area contributed by atoms with Crippen LogP contribution in [0.15, 0.2) is 0 Å². The van der Waals surface area contributed by atoms with Crippen LogP contribution < -0.4 is 0 Å². The van der Waals surface area contributed by atoms with Gasteiger partial charge in [-0.15, -0.1) is 11.6 Å². The van der Waals surface area contributed by atoms with Crippen LogP contribution in [0.25, 0.3) is 0 Å². The maximum absolute atomic E-state index is 11.2. The molecule has 0 amide bonds. The van der Waals surface area contributed by atoms with E-state index >= 15 is 0 Å². The van der Waals surface area contributed by atoms with E-state index < -0.39 is 0 Å². The fourth-order valence-corrected chi connectivity index (χ4v) is 1.80. The zero-order valence-electron chi connectivity index (χ0n) is 7.38. The molecule has 70 valence electrons. The summed E-state index contributed by atoms with van der Waals surface area (Å²) in [4.78, 5) is 11.2. The molecule has 0 N–H and O–H groups in total. The Morgan fingerprint density at radius 2 is 2.00 bits per heavy atom. The summed E-state index contributed by atoms with van der Waals surface area (Å²) >= 11 is 5.91. The molecular formula is C9H15ClO2. The van der Waals surface area contributed by atoms with Gasteiger partial charge in [-0.25, -0.2) is 0 Å². The van der Waals surface area contributed by atoms with Gasteiger partial charge < -0.3 is 4.74 Å². The Bertz CT molecular complexity index is 151. The highest BCUT2D eigenvalue weighted by atomic mass is 35.5. The molecule has 0 unspecified atom stereocenters. The highest BCUT2D eigenvalue weighted by molar-refractivity contribution is 6.20. The lowest BCUT2D eigenvalue weighted by atomic mass is 9.89. The van der Waals surface area contributed by atoms with E-state index in [-0.39, 0.29) is 17.3 Å². The minimum Gasteiger partial charge on any atom is -0.466 e. The SMILES string of the molecule is CCOC(=O)C1CCC(Cl)CC1. The summed E-state index contributed by atoms with van der Waals surface area (Å²) in [5.41, 5.74) is 0. The fourth-order valence-electron chi connectivity index (χ4n) is 1.55. The first-order chi connectivity index (χ1) is 5.74. The minimum atomic E-state index is -0.0407. The molecule has 1 fully saturated rings. The van der Waals surface area contributed by atoms with Crippen molar-refractivity contribution in [2.75, 3.05) is 6.61 Å². The summed E-state index contributed by atoms with van der Waals surface area (Å²) < 4.78 is 4.93. The Morgan fingerprint density at radius 1 is 1.42 bits per heavy atom. The van der Waals surface area contributed by atoms with E-state index in [4.69, 9.17) is 16.3 Å². The van der Waals surface area contributed by atoms with Crippen LogP contribution in [0.4, 0.5) is 0 Å². The van der Waals surface area contributed by atoms with Crippen LogP contribution in [-0.2, 0) is 9.53 Å². The summed E-state index contributed by atoms with van der Waals surface area (Å²) in [7, 11) is 0. The Kier molecular flexibility index (Phi) is 3.86. The molecule has 0 aliphatic heterocycles. The Morgan fingerprint density at radius 3 is 2.50 bits per heavy atom. The maximum atomic E-state index is 11.2. The van der Waals surface area contributed by atoms with Gasteiger partial charge in [0.2, 0.25) is 0 Å². The molecule has 0 aromatic rings. The molecule has 0 saturated heterocycles. The van der Waals surface area contributed by atoms with E-state index in [1.165, 1.54) is 0 Å². The van der Waals surface area contributed by atoms with E-state index in [0.29, 0.717) is 6.61 Å². The van der Waals surface area contributed by atoms with Gasteiger partial charge in [0.05, 0.1) is 12.5 Å². The molecule has 0 aromatic heterocycles. The third-order valence-electron chi connectivity index (χ3n) is 2.28. The largest absolute Gasteiger partial charge is 0.466 e. The summed E-state index contributed by atoms with van der Waals surface area (Å²) in [5.74, 6) is 0.0704. The summed E-state index contributed by atoms with van der Waals surface area (Å²) in [5, 5.41) is 0.274. The van der Waals surface area contributed by atoms with Gasteiger partial charge in [0.1, 0.15) is 0 Å². The molecule has 1 aliphatic rings. The lowest BCUT2D eigenvalue weighted by Gasteiger charge is -2.22. The molecule has 0 radical (unpaired) electrons. The first-order valence-corrected chi connectivity index (χ1v) is 4.98. The van der Waals surface area contributed by atoms with Gasteiger partial charge in [-0.05, 0) is 32.6 Å². The molecule has 1 saturated carbocycles. The monoisotopic (exact) mass is 190 g/mol. The number of ether oxygens (including phenoxy) is 1. The van der Waals surface area contributed by atoms with Gasteiger partial charge in [-0.3, -0.25) is 4.79 Å². The van der Waals surface area contributed by atoms with E-state index in [1.807, 2.05) is 6.92 Å². The standard InChI is InChI=1S/C9H15ClO2/c1-2-12-9(11)7-3-5-8(10)6-4-7/h7-8H,2-6H2,1H3. The Balaban J connectivity index is 2.29. The van der Waals surface area contributed by atoms with Crippen molar-refractivity contribution < 1.29 is 9.53 Å². The number of hydrogen-bond acceptors (Lipinski definition) is 2. The predicted molar refractivity (Wildman–Crippen MR) is 48.2 cm³/mol. The topological polar surface area (TPSA) is 26.3 Å². The predicted octanol–water partition coefficient (Wildman–Crippen LogP) is 2.35. The molecule has 1 aliphatic carbocycles. The van der Waals surface area contributed by atoms with Crippen LogP contribution in [0.1, 0.15) is 32.6 Å². The third-order valence-corrected chi connectivity index (χ3v) is 2.71. The lowest BCUT2D eigenvalue weighted by molar-refractivity contribution is -0.149. The Labute approximate surface area is 78.2 Å². The number of carbonyl (C=O) groups excluding carboxylic acids is 1. The Hall–Kier alpha value is -0.240. The molecule has 0 heterocycles. The van der Waals surface area contributed by atoms with Gasteiger partial charge in [0.15, 0.2) is 0 Å². The summed E-state index contributed by atoms with van der Waals surface area (Å²) in [6, 6.07) is 0. The number of rotatable bonds is 2. The molecule has 3 heteroatoms. The molecule has 0 atom stereocenters. The van der Waals surface area contributed by atoms with Gasteiger partial charge in [-0.2, -0.15) is 0 Å². The molecule has 0 bridgehead atoms. The van der Waals surface area contributed by atoms with Crippen molar-refractivity contribution >= 4 is 17.6 Å². The van der Waals surface area contributed by atoms with Crippen molar-refractivity contribution in [2.45, 2.75) is 38.0 Å². The molecule has 12 heavy (non-hydrogen) atoms. The van der Waals surface area contributed by atoms with Gasteiger partial charge >= 0.3 is 5.97 Å². The second kappa shape index (κ2) is 4.70. The fraction of sp³-hybridized carbons (Fsp3) is 0.889. The smallest absolute Gasteiger partial charge is 0.308 e. The van der Waals surface area contributed by atoms with Crippen LogP contribution in [-0.4, -0.2) is 18.0 Å². The van der Waals surface area contributed by atoms with E-state index in [9.17, 15) is 4.79 Å². The second-order valence-corrected chi connectivity index (χ2v) is 3.82. The third kappa shape index (κ3) is 2.67. The number of carbonyl (C=O) groups is 1. The zero-order valence-corrected chi connectivity index (χ0v) is 8.14. The normalized spacial score (nSPS) is 29.8. The number of hydrogen-bond donors (Lipinski definition) is 0.